The van der Waals surface area contributed by atoms with Gasteiger partial charge in [0.05, 0.1) is 0 Å². The third-order valence-corrected chi connectivity index (χ3v) is 5.46. The number of Topliss-reactive ketones (excluding diaryl/α,β-unsaturated/α-hetero) is 1. The Kier molecular flexibility index (Phi) is 5.27. The third kappa shape index (κ3) is 4.04. The summed E-state index contributed by atoms with van der Waals surface area (Å²) in [6, 6.07) is 12.8. The van der Waals surface area contributed by atoms with Crippen LogP contribution >= 0.6 is 0 Å². The van der Waals surface area contributed by atoms with E-state index in [9.17, 15) is 4.79 Å². The van der Waals surface area contributed by atoms with Gasteiger partial charge < -0.3 is 0 Å². The Morgan fingerprint density at radius 1 is 0.731 bits per heavy atom. The Hall–Kier alpha value is -2.41. The number of aryl methyl sites for hydroxylation is 4. The van der Waals surface area contributed by atoms with Crippen molar-refractivity contribution in [1.82, 2.24) is 0 Å². The summed E-state index contributed by atoms with van der Waals surface area (Å²) in [6.45, 7) is 10.7. The SMILES string of the molecule is Cc1ccc(/C=C2\CC(C)C/C(=C\c3ccc(C)c(C)c3)C2=O)cc1C. The van der Waals surface area contributed by atoms with E-state index in [4.69, 9.17) is 0 Å². The third-order valence-electron chi connectivity index (χ3n) is 5.46. The zero-order chi connectivity index (χ0) is 18.8. The van der Waals surface area contributed by atoms with Gasteiger partial charge in [-0.1, -0.05) is 43.3 Å². The molecule has 3 rings (SSSR count). The van der Waals surface area contributed by atoms with Crippen LogP contribution in [-0.2, 0) is 4.79 Å². The standard InChI is InChI=1S/C25H28O/c1-16-10-23(14-21-8-6-17(2)19(4)12-21)25(26)24(11-16)15-22-9-7-18(3)20(5)13-22/h6-9,12-16H,10-11H2,1-5H3/b23-14+,24-15+. The van der Waals surface area contributed by atoms with Gasteiger partial charge in [0.25, 0.3) is 0 Å². The Bertz CT molecular complexity index is 838. The molecule has 1 nitrogen and oxygen atoms in total. The predicted molar refractivity (Wildman–Crippen MR) is 111 cm³/mol. The van der Waals surface area contributed by atoms with E-state index in [1.54, 1.807) is 0 Å². The van der Waals surface area contributed by atoms with Crippen LogP contribution in [0.25, 0.3) is 12.2 Å². The molecule has 1 saturated carbocycles. The van der Waals surface area contributed by atoms with Crippen molar-refractivity contribution in [3.8, 4) is 0 Å². The smallest absolute Gasteiger partial charge is 0.185 e. The van der Waals surface area contributed by atoms with Gasteiger partial charge in [-0.2, -0.15) is 0 Å². The second-order valence-corrected chi connectivity index (χ2v) is 7.87. The van der Waals surface area contributed by atoms with Crippen molar-refractivity contribution in [3.63, 3.8) is 0 Å². The highest BCUT2D eigenvalue weighted by Gasteiger charge is 2.25. The molecule has 0 unspecified atom stereocenters. The van der Waals surface area contributed by atoms with Crippen molar-refractivity contribution in [1.29, 1.82) is 0 Å². The zero-order valence-corrected chi connectivity index (χ0v) is 16.5. The molecule has 0 aromatic heterocycles. The average Bonchev–Trinajstić information content (AvgIpc) is 2.58. The first-order valence-electron chi connectivity index (χ1n) is 9.44. The van der Waals surface area contributed by atoms with Crippen LogP contribution in [-0.4, -0.2) is 5.78 Å². The molecule has 0 bridgehead atoms. The maximum absolute atomic E-state index is 13.0. The Labute approximate surface area is 157 Å². The molecule has 2 aromatic rings. The molecular formula is C25H28O. The molecule has 134 valence electrons. The highest BCUT2D eigenvalue weighted by molar-refractivity contribution is 6.14. The number of hydrogen-bond donors (Lipinski definition) is 0. The van der Waals surface area contributed by atoms with E-state index >= 15 is 0 Å². The van der Waals surface area contributed by atoms with E-state index in [0.29, 0.717) is 5.92 Å². The quantitative estimate of drug-likeness (QED) is 0.577. The van der Waals surface area contributed by atoms with Crippen molar-refractivity contribution in [2.24, 2.45) is 5.92 Å². The fourth-order valence-electron chi connectivity index (χ4n) is 3.57. The van der Waals surface area contributed by atoms with Gasteiger partial charge >= 0.3 is 0 Å². The maximum Gasteiger partial charge on any atom is 0.185 e. The number of rotatable bonds is 2. The predicted octanol–water partition coefficient (Wildman–Crippen LogP) is 6.39. The molecule has 0 atom stereocenters. The number of benzene rings is 2. The number of allylic oxidation sites excluding steroid dienone is 2. The van der Waals surface area contributed by atoms with Crippen LogP contribution in [0.15, 0.2) is 47.5 Å². The van der Waals surface area contributed by atoms with Crippen LogP contribution in [0, 0.1) is 33.6 Å². The van der Waals surface area contributed by atoms with Crippen molar-refractivity contribution < 1.29 is 4.79 Å². The zero-order valence-electron chi connectivity index (χ0n) is 16.5. The lowest BCUT2D eigenvalue weighted by Crippen LogP contribution is -2.18. The minimum absolute atomic E-state index is 0.208. The van der Waals surface area contributed by atoms with Crippen molar-refractivity contribution in [3.05, 3.63) is 80.9 Å². The molecule has 1 fully saturated rings. The van der Waals surface area contributed by atoms with Gasteiger partial charge in [0.15, 0.2) is 5.78 Å². The molecule has 0 N–H and O–H groups in total. The molecule has 0 aliphatic heterocycles. The van der Waals surface area contributed by atoms with Gasteiger partial charge in [0.2, 0.25) is 0 Å². The topological polar surface area (TPSA) is 17.1 Å². The second-order valence-electron chi connectivity index (χ2n) is 7.87. The molecule has 1 heteroatoms. The average molecular weight is 344 g/mol. The highest BCUT2D eigenvalue weighted by Crippen LogP contribution is 2.32. The second kappa shape index (κ2) is 7.45. The lowest BCUT2D eigenvalue weighted by molar-refractivity contribution is -0.113. The molecule has 0 saturated heterocycles. The molecular weight excluding hydrogens is 316 g/mol. The summed E-state index contributed by atoms with van der Waals surface area (Å²) in [5.41, 5.74) is 9.20. The monoisotopic (exact) mass is 344 g/mol. The van der Waals surface area contributed by atoms with Gasteiger partial charge in [0, 0.05) is 11.1 Å². The normalized spacial score (nSPS) is 20.8. The molecule has 1 aliphatic rings. The number of ketones is 1. The van der Waals surface area contributed by atoms with Crippen LogP contribution in [0.4, 0.5) is 0 Å². The van der Waals surface area contributed by atoms with Crippen LogP contribution in [0.2, 0.25) is 0 Å². The van der Waals surface area contributed by atoms with Crippen molar-refractivity contribution in [2.45, 2.75) is 47.5 Å². The first kappa shape index (κ1) is 18.4. The largest absolute Gasteiger partial charge is 0.289 e. The van der Waals surface area contributed by atoms with Gasteiger partial charge in [-0.3, -0.25) is 4.79 Å². The van der Waals surface area contributed by atoms with E-state index in [2.05, 4.69) is 83.2 Å². The lowest BCUT2D eigenvalue weighted by atomic mass is 9.80. The van der Waals surface area contributed by atoms with Gasteiger partial charge in [-0.05, 0) is 92.0 Å². The Morgan fingerprint density at radius 3 is 1.54 bits per heavy atom. The van der Waals surface area contributed by atoms with E-state index in [1.807, 2.05) is 0 Å². The summed E-state index contributed by atoms with van der Waals surface area (Å²) in [6.07, 6.45) is 5.88. The Balaban J connectivity index is 1.94. The van der Waals surface area contributed by atoms with E-state index in [-0.39, 0.29) is 5.78 Å². The molecule has 0 radical (unpaired) electrons. The minimum Gasteiger partial charge on any atom is -0.289 e. The minimum atomic E-state index is 0.208. The molecule has 0 heterocycles. The molecule has 1 aliphatic carbocycles. The van der Waals surface area contributed by atoms with Crippen molar-refractivity contribution >= 4 is 17.9 Å². The van der Waals surface area contributed by atoms with Crippen LogP contribution in [0.1, 0.15) is 53.1 Å². The van der Waals surface area contributed by atoms with Crippen molar-refractivity contribution in [2.75, 3.05) is 0 Å². The summed E-state index contributed by atoms with van der Waals surface area (Å²) >= 11 is 0. The van der Waals surface area contributed by atoms with Crippen LogP contribution in [0.5, 0.6) is 0 Å². The summed E-state index contributed by atoms with van der Waals surface area (Å²) in [5, 5.41) is 0. The number of carbonyl (C=O) groups is 1. The summed E-state index contributed by atoms with van der Waals surface area (Å²) in [4.78, 5) is 13.0. The lowest BCUT2D eigenvalue weighted by Gasteiger charge is -2.23. The summed E-state index contributed by atoms with van der Waals surface area (Å²) in [5.74, 6) is 0.697. The highest BCUT2D eigenvalue weighted by atomic mass is 16.1. The summed E-state index contributed by atoms with van der Waals surface area (Å²) in [7, 11) is 0. The Morgan fingerprint density at radius 2 is 1.15 bits per heavy atom. The molecule has 0 spiro atoms. The molecule has 0 amide bonds. The fraction of sp³-hybridized carbons (Fsp3) is 0.320. The first-order chi connectivity index (χ1) is 12.3. The summed E-state index contributed by atoms with van der Waals surface area (Å²) < 4.78 is 0. The number of hydrogen-bond acceptors (Lipinski definition) is 1. The van der Waals surface area contributed by atoms with Gasteiger partial charge in [-0.15, -0.1) is 0 Å². The van der Waals surface area contributed by atoms with Gasteiger partial charge in [-0.25, -0.2) is 0 Å². The maximum atomic E-state index is 13.0. The number of carbonyl (C=O) groups excluding carboxylic acids is 1. The van der Waals surface area contributed by atoms with Crippen LogP contribution in [0.3, 0.4) is 0 Å². The first-order valence-corrected chi connectivity index (χ1v) is 9.44. The van der Waals surface area contributed by atoms with E-state index in [1.165, 1.54) is 22.3 Å². The molecule has 2 aromatic carbocycles. The fourth-order valence-corrected chi connectivity index (χ4v) is 3.57. The van der Waals surface area contributed by atoms with E-state index in [0.717, 1.165) is 35.1 Å². The van der Waals surface area contributed by atoms with Crippen LogP contribution < -0.4 is 0 Å². The molecule has 26 heavy (non-hydrogen) atoms. The van der Waals surface area contributed by atoms with E-state index < -0.39 is 0 Å². The van der Waals surface area contributed by atoms with Gasteiger partial charge in [0.1, 0.15) is 0 Å².